The highest BCUT2D eigenvalue weighted by Crippen LogP contribution is 2.23. The number of carbonyl (C=O) groups is 3. The smallest absolute Gasteiger partial charge is 0.331 e. The van der Waals surface area contributed by atoms with E-state index < -0.39 is 24.5 Å². The highest BCUT2D eigenvalue weighted by molar-refractivity contribution is 6.42. The van der Waals surface area contributed by atoms with Crippen LogP contribution in [0, 0.1) is 0 Å². The summed E-state index contributed by atoms with van der Waals surface area (Å²) in [5.74, 6) is -1.26. The fourth-order valence-corrected chi connectivity index (χ4v) is 2.06. The molecule has 1 N–H and O–H groups in total. The molecule has 3 amide bonds. The van der Waals surface area contributed by atoms with E-state index in [1.165, 1.54) is 6.08 Å². The number of benzene rings is 1. The van der Waals surface area contributed by atoms with Crippen LogP contribution in [0.1, 0.15) is 5.56 Å². The maximum atomic E-state index is 11.6. The normalized spacial score (nSPS) is 14.3. The van der Waals surface area contributed by atoms with Crippen molar-refractivity contribution in [3.05, 3.63) is 39.9 Å². The van der Waals surface area contributed by atoms with Gasteiger partial charge in [0.1, 0.15) is 0 Å². The highest BCUT2D eigenvalue weighted by atomic mass is 35.5. The van der Waals surface area contributed by atoms with Crippen LogP contribution < -0.4 is 5.32 Å². The van der Waals surface area contributed by atoms with Gasteiger partial charge in [-0.15, -0.1) is 0 Å². The zero-order chi connectivity index (χ0) is 16.1. The van der Waals surface area contributed by atoms with Crippen LogP contribution in [0.15, 0.2) is 24.3 Å². The number of ether oxygens (including phenoxy) is 1. The van der Waals surface area contributed by atoms with Crippen molar-refractivity contribution in [3.8, 4) is 0 Å². The molecular weight excluding hydrogens is 331 g/mol. The van der Waals surface area contributed by atoms with Gasteiger partial charge in [-0.2, -0.15) is 0 Å². The van der Waals surface area contributed by atoms with Gasteiger partial charge in [0.25, 0.3) is 5.91 Å². The third-order valence-electron chi connectivity index (χ3n) is 2.85. The number of carbonyl (C=O) groups excluding carboxylic acids is 3. The average Bonchev–Trinajstić information content (AvgIpc) is 2.92. The van der Waals surface area contributed by atoms with Crippen molar-refractivity contribution in [1.29, 1.82) is 0 Å². The minimum absolute atomic E-state index is 0.272. The number of esters is 1. The number of hydrogen-bond acceptors (Lipinski definition) is 4. The number of nitrogens with one attached hydrogen (secondary N) is 1. The molecule has 1 saturated heterocycles. The molecule has 2 rings (SSSR count). The Hall–Kier alpha value is -2.05. The first kappa shape index (κ1) is 16.3. The Morgan fingerprint density at radius 1 is 1.32 bits per heavy atom. The van der Waals surface area contributed by atoms with Gasteiger partial charge in [-0.3, -0.25) is 9.69 Å². The molecule has 0 radical (unpaired) electrons. The second-order valence-electron chi connectivity index (χ2n) is 4.39. The van der Waals surface area contributed by atoms with Crippen molar-refractivity contribution in [2.45, 2.75) is 0 Å². The average molecular weight is 343 g/mol. The monoisotopic (exact) mass is 342 g/mol. The quantitative estimate of drug-likeness (QED) is 0.671. The Balaban J connectivity index is 1.84. The Bertz CT molecular complexity index is 646. The third kappa shape index (κ3) is 4.22. The van der Waals surface area contributed by atoms with Crippen LogP contribution in [0.3, 0.4) is 0 Å². The number of rotatable bonds is 4. The van der Waals surface area contributed by atoms with E-state index in [4.69, 9.17) is 27.9 Å². The van der Waals surface area contributed by atoms with Crippen molar-refractivity contribution in [2.24, 2.45) is 0 Å². The SMILES string of the molecule is O=C(/C=C/c1ccc(Cl)c(Cl)c1)OCC(=O)N1CCNC1=O. The molecule has 0 unspecified atom stereocenters. The van der Waals surface area contributed by atoms with Crippen LogP contribution >= 0.6 is 23.2 Å². The molecule has 1 aliphatic rings. The molecule has 116 valence electrons. The molecule has 22 heavy (non-hydrogen) atoms. The van der Waals surface area contributed by atoms with E-state index in [1.807, 2.05) is 0 Å². The van der Waals surface area contributed by atoms with Crippen LogP contribution in [0.4, 0.5) is 4.79 Å². The number of urea groups is 1. The molecule has 0 aliphatic carbocycles. The Kier molecular flexibility index (Phi) is 5.41. The summed E-state index contributed by atoms with van der Waals surface area (Å²) >= 11 is 11.6. The van der Waals surface area contributed by atoms with E-state index >= 15 is 0 Å². The predicted molar refractivity (Wildman–Crippen MR) is 81.6 cm³/mol. The van der Waals surface area contributed by atoms with E-state index in [0.29, 0.717) is 22.2 Å². The third-order valence-corrected chi connectivity index (χ3v) is 3.59. The van der Waals surface area contributed by atoms with Gasteiger partial charge in [0.15, 0.2) is 6.61 Å². The molecular formula is C14H12Cl2N2O4. The summed E-state index contributed by atoms with van der Waals surface area (Å²) in [6, 6.07) is 4.39. The lowest BCUT2D eigenvalue weighted by atomic mass is 10.2. The van der Waals surface area contributed by atoms with Gasteiger partial charge >= 0.3 is 12.0 Å². The number of imide groups is 1. The number of halogens is 2. The fraction of sp³-hybridized carbons (Fsp3) is 0.214. The first-order chi connectivity index (χ1) is 10.5. The van der Waals surface area contributed by atoms with Gasteiger partial charge in [-0.05, 0) is 23.8 Å². The molecule has 0 atom stereocenters. The summed E-state index contributed by atoms with van der Waals surface area (Å²) in [7, 11) is 0. The second-order valence-corrected chi connectivity index (χ2v) is 5.21. The van der Waals surface area contributed by atoms with E-state index in [-0.39, 0.29) is 6.54 Å². The van der Waals surface area contributed by atoms with Crippen molar-refractivity contribution in [1.82, 2.24) is 10.2 Å². The van der Waals surface area contributed by atoms with E-state index in [0.717, 1.165) is 11.0 Å². The zero-order valence-electron chi connectivity index (χ0n) is 11.3. The number of nitrogens with zero attached hydrogens (tertiary/aromatic N) is 1. The van der Waals surface area contributed by atoms with Crippen LogP contribution in [-0.4, -0.2) is 42.5 Å². The second kappa shape index (κ2) is 7.29. The topological polar surface area (TPSA) is 75.7 Å². The van der Waals surface area contributed by atoms with Gasteiger partial charge in [-0.1, -0.05) is 29.3 Å². The Labute approximate surface area is 136 Å². The van der Waals surface area contributed by atoms with Crippen LogP contribution in [-0.2, 0) is 14.3 Å². The Morgan fingerprint density at radius 2 is 2.09 bits per heavy atom. The Morgan fingerprint density at radius 3 is 2.73 bits per heavy atom. The summed E-state index contributed by atoms with van der Waals surface area (Å²) in [6.07, 6.45) is 2.65. The molecule has 0 bridgehead atoms. The number of amides is 3. The summed E-state index contributed by atoms with van der Waals surface area (Å²) in [4.78, 5) is 35.4. The van der Waals surface area contributed by atoms with E-state index in [9.17, 15) is 14.4 Å². The van der Waals surface area contributed by atoms with Gasteiger partial charge in [0.05, 0.1) is 10.0 Å². The summed E-state index contributed by atoms with van der Waals surface area (Å²) in [5, 5.41) is 3.26. The molecule has 1 heterocycles. The first-order valence-corrected chi connectivity index (χ1v) is 7.11. The van der Waals surface area contributed by atoms with Crippen molar-refractivity contribution in [3.63, 3.8) is 0 Å². The van der Waals surface area contributed by atoms with Gasteiger partial charge in [-0.25, -0.2) is 9.59 Å². The van der Waals surface area contributed by atoms with E-state index in [1.54, 1.807) is 18.2 Å². The van der Waals surface area contributed by atoms with Gasteiger partial charge in [0, 0.05) is 19.2 Å². The summed E-state index contributed by atoms with van der Waals surface area (Å²) in [5.41, 5.74) is 0.664. The lowest BCUT2D eigenvalue weighted by Crippen LogP contribution is -2.37. The molecule has 0 saturated carbocycles. The van der Waals surface area contributed by atoms with Gasteiger partial charge < -0.3 is 10.1 Å². The molecule has 1 aromatic rings. The zero-order valence-corrected chi connectivity index (χ0v) is 12.9. The molecule has 6 nitrogen and oxygen atoms in total. The molecule has 1 aliphatic heterocycles. The van der Waals surface area contributed by atoms with Crippen LogP contribution in [0.5, 0.6) is 0 Å². The molecule has 1 aromatic carbocycles. The minimum Gasteiger partial charge on any atom is -0.452 e. The molecule has 0 aromatic heterocycles. The molecule has 1 fully saturated rings. The minimum atomic E-state index is -0.695. The highest BCUT2D eigenvalue weighted by Gasteiger charge is 2.26. The lowest BCUT2D eigenvalue weighted by molar-refractivity contribution is -0.146. The first-order valence-electron chi connectivity index (χ1n) is 6.35. The van der Waals surface area contributed by atoms with Crippen LogP contribution in [0.2, 0.25) is 10.0 Å². The summed E-state index contributed by atoms with van der Waals surface area (Å²) in [6.45, 7) is 0.183. The largest absolute Gasteiger partial charge is 0.452 e. The van der Waals surface area contributed by atoms with Crippen LogP contribution in [0.25, 0.3) is 6.08 Å². The predicted octanol–water partition coefficient (Wildman–Crippen LogP) is 2.10. The van der Waals surface area contributed by atoms with E-state index in [2.05, 4.69) is 5.32 Å². The van der Waals surface area contributed by atoms with Gasteiger partial charge in [0.2, 0.25) is 0 Å². The van der Waals surface area contributed by atoms with Crippen molar-refractivity contribution >= 4 is 47.2 Å². The maximum Gasteiger partial charge on any atom is 0.331 e. The lowest BCUT2D eigenvalue weighted by Gasteiger charge is -2.11. The fourth-order valence-electron chi connectivity index (χ4n) is 1.75. The number of hydrogen-bond donors (Lipinski definition) is 1. The molecule has 0 spiro atoms. The maximum absolute atomic E-state index is 11.6. The summed E-state index contributed by atoms with van der Waals surface area (Å²) < 4.78 is 4.78. The molecule has 8 heteroatoms. The van der Waals surface area contributed by atoms with Crippen molar-refractivity contribution < 1.29 is 19.1 Å². The standard InChI is InChI=1S/C14H12Cl2N2O4/c15-10-3-1-9(7-11(10)16)2-4-13(20)22-8-12(19)18-6-5-17-14(18)21/h1-4,7H,5-6,8H2,(H,17,21)/b4-2+. The van der Waals surface area contributed by atoms with Crippen molar-refractivity contribution in [2.75, 3.05) is 19.7 Å².